The van der Waals surface area contributed by atoms with Gasteiger partial charge >= 0.3 is 0 Å². The smallest absolute Gasteiger partial charge is 0.227 e. The Hall–Kier alpha value is -1.10. The molecular formula is C14H29N3O2. The Morgan fingerprint density at radius 3 is 2.05 bits per heavy atom. The molecule has 2 amide bonds. The lowest BCUT2D eigenvalue weighted by molar-refractivity contribution is -0.132. The van der Waals surface area contributed by atoms with E-state index < -0.39 is 5.41 Å². The largest absolute Gasteiger partial charge is 0.355 e. The van der Waals surface area contributed by atoms with Gasteiger partial charge in [-0.1, -0.05) is 26.7 Å². The van der Waals surface area contributed by atoms with Gasteiger partial charge in [-0.05, 0) is 12.8 Å². The Labute approximate surface area is 116 Å². The summed E-state index contributed by atoms with van der Waals surface area (Å²) in [4.78, 5) is 25.3. The van der Waals surface area contributed by atoms with Crippen molar-refractivity contribution in [2.45, 2.75) is 46.0 Å². The van der Waals surface area contributed by atoms with Crippen LogP contribution < -0.4 is 11.1 Å². The molecule has 0 saturated heterocycles. The predicted molar refractivity (Wildman–Crippen MR) is 77.6 cm³/mol. The van der Waals surface area contributed by atoms with Crippen LogP contribution in [0, 0.1) is 5.41 Å². The SMILES string of the molecule is CCCC(CN)(CCC)C(=O)NCCC(=O)N(C)C. The maximum Gasteiger partial charge on any atom is 0.227 e. The van der Waals surface area contributed by atoms with Crippen molar-refractivity contribution in [2.24, 2.45) is 11.1 Å². The number of hydrogen-bond donors (Lipinski definition) is 2. The van der Waals surface area contributed by atoms with Crippen molar-refractivity contribution < 1.29 is 9.59 Å². The van der Waals surface area contributed by atoms with E-state index in [-0.39, 0.29) is 11.8 Å². The van der Waals surface area contributed by atoms with Crippen molar-refractivity contribution in [3.05, 3.63) is 0 Å². The summed E-state index contributed by atoms with van der Waals surface area (Å²) in [6.07, 6.45) is 3.79. The highest BCUT2D eigenvalue weighted by molar-refractivity contribution is 5.83. The van der Waals surface area contributed by atoms with Gasteiger partial charge in [-0.3, -0.25) is 9.59 Å². The number of nitrogens with two attached hydrogens (primary N) is 1. The molecule has 0 aliphatic rings. The number of nitrogens with zero attached hydrogens (tertiary/aromatic N) is 1. The maximum absolute atomic E-state index is 12.3. The lowest BCUT2D eigenvalue weighted by Crippen LogP contribution is -2.46. The van der Waals surface area contributed by atoms with E-state index in [1.54, 1.807) is 14.1 Å². The molecule has 0 aliphatic carbocycles. The molecule has 0 aromatic carbocycles. The molecule has 0 saturated carbocycles. The van der Waals surface area contributed by atoms with Crippen LogP contribution in [0.25, 0.3) is 0 Å². The highest BCUT2D eigenvalue weighted by Gasteiger charge is 2.34. The summed E-state index contributed by atoms with van der Waals surface area (Å²) >= 11 is 0. The number of carbonyl (C=O) groups is 2. The molecule has 0 aliphatic heterocycles. The monoisotopic (exact) mass is 271 g/mol. The first-order valence-electron chi connectivity index (χ1n) is 7.12. The fourth-order valence-corrected chi connectivity index (χ4v) is 2.30. The molecule has 5 heteroatoms. The zero-order valence-corrected chi connectivity index (χ0v) is 12.8. The van der Waals surface area contributed by atoms with Crippen molar-refractivity contribution in [3.8, 4) is 0 Å². The van der Waals surface area contributed by atoms with E-state index in [4.69, 9.17) is 5.73 Å². The normalized spacial score (nSPS) is 11.2. The van der Waals surface area contributed by atoms with Crippen LogP contribution in [0.1, 0.15) is 46.0 Å². The van der Waals surface area contributed by atoms with Gasteiger partial charge in [0.15, 0.2) is 0 Å². The van der Waals surface area contributed by atoms with Crippen LogP contribution >= 0.6 is 0 Å². The minimum Gasteiger partial charge on any atom is -0.355 e. The molecule has 19 heavy (non-hydrogen) atoms. The molecule has 0 bridgehead atoms. The quantitative estimate of drug-likeness (QED) is 0.660. The van der Waals surface area contributed by atoms with Gasteiger partial charge in [-0.2, -0.15) is 0 Å². The molecule has 0 spiro atoms. The molecule has 0 aromatic rings. The zero-order chi connectivity index (χ0) is 14.9. The van der Waals surface area contributed by atoms with Crippen LogP contribution in [-0.4, -0.2) is 43.9 Å². The first-order valence-corrected chi connectivity index (χ1v) is 7.12. The standard InChI is InChI=1S/C14H29N3O2/c1-5-8-14(11-15,9-6-2)13(19)16-10-7-12(18)17(3)4/h5-11,15H2,1-4H3,(H,16,19). The van der Waals surface area contributed by atoms with Gasteiger partial charge in [-0.15, -0.1) is 0 Å². The summed E-state index contributed by atoms with van der Waals surface area (Å²) in [6.45, 7) is 4.86. The molecule has 0 rings (SSSR count). The van der Waals surface area contributed by atoms with Crippen molar-refractivity contribution in [3.63, 3.8) is 0 Å². The fourth-order valence-electron chi connectivity index (χ4n) is 2.30. The minimum atomic E-state index is -0.468. The summed E-state index contributed by atoms with van der Waals surface area (Å²) in [5, 5.41) is 2.86. The van der Waals surface area contributed by atoms with E-state index >= 15 is 0 Å². The molecule has 0 unspecified atom stereocenters. The minimum absolute atomic E-state index is 0.00902. The first kappa shape index (κ1) is 17.9. The molecule has 0 aromatic heterocycles. The van der Waals surface area contributed by atoms with Crippen LogP contribution in [0.2, 0.25) is 0 Å². The number of amides is 2. The van der Waals surface area contributed by atoms with Gasteiger partial charge in [0.1, 0.15) is 0 Å². The average Bonchev–Trinajstić information content (AvgIpc) is 2.37. The molecular weight excluding hydrogens is 242 g/mol. The second-order valence-corrected chi connectivity index (χ2v) is 5.28. The summed E-state index contributed by atoms with van der Waals surface area (Å²) in [5.41, 5.74) is 5.36. The average molecular weight is 271 g/mol. The molecule has 0 radical (unpaired) electrons. The first-order chi connectivity index (χ1) is 8.93. The third-order valence-electron chi connectivity index (χ3n) is 3.45. The lowest BCUT2D eigenvalue weighted by atomic mass is 9.78. The topological polar surface area (TPSA) is 75.4 Å². The van der Waals surface area contributed by atoms with E-state index in [1.165, 1.54) is 4.90 Å². The Morgan fingerprint density at radius 1 is 1.16 bits per heavy atom. The van der Waals surface area contributed by atoms with Crippen LogP contribution in [0.4, 0.5) is 0 Å². The van der Waals surface area contributed by atoms with Crippen molar-refractivity contribution >= 4 is 11.8 Å². The van der Waals surface area contributed by atoms with Crippen LogP contribution in [0.15, 0.2) is 0 Å². The van der Waals surface area contributed by atoms with Crippen molar-refractivity contribution in [1.29, 1.82) is 0 Å². The highest BCUT2D eigenvalue weighted by atomic mass is 16.2. The number of hydrogen-bond acceptors (Lipinski definition) is 3. The molecule has 3 N–H and O–H groups in total. The zero-order valence-electron chi connectivity index (χ0n) is 12.8. The Morgan fingerprint density at radius 2 is 1.68 bits per heavy atom. The lowest BCUT2D eigenvalue weighted by Gasteiger charge is -2.30. The summed E-state index contributed by atoms with van der Waals surface area (Å²) in [6, 6.07) is 0. The molecule has 0 atom stereocenters. The third kappa shape index (κ3) is 5.59. The summed E-state index contributed by atoms with van der Waals surface area (Å²) in [5.74, 6) is 0.00916. The van der Waals surface area contributed by atoms with Gasteiger partial charge in [0.05, 0.1) is 5.41 Å². The number of nitrogens with one attached hydrogen (secondary N) is 1. The fraction of sp³-hybridized carbons (Fsp3) is 0.857. The van der Waals surface area contributed by atoms with E-state index in [9.17, 15) is 9.59 Å². The van der Waals surface area contributed by atoms with Crippen molar-refractivity contribution in [2.75, 3.05) is 27.2 Å². The van der Waals surface area contributed by atoms with Gasteiger partial charge in [0.2, 0.25) is 11.8 Å². The summed E-state index contributed by atoms with van der Waals surface area (Å²) in [7, 11) is 3.42. The van der Waals surface area contributed by atoms with E-state index in [0.717, 1.165) is 25.7 Å². The Balaban J connectivity index is 4.44. The number of rotatable bonds is 9. The van der Waals surface area contributed by atoms with Crippen LogP contribution in [0.5, 0.6) is 0 Å². The van der Waals surface area contributed by atoms with Crippen LogP contribution in [-0.2, 0) is 9.59 Å². The summed E-state index contributed by atoms with van der Waals surface area (Å²) < 4.78 is 0. The van der Waals surface area contributed by atoms with Gasteiger partial charge < -0.3 is 16.0 Å². The molecule has 0 fully saturated rings. The Kier molecular flexibility index (Phi) is 8.39. The highest BCUT2D eigenvalue weighted by Crippen LogP contribution is 2.28. The van der Waals surface area contributed by atoms with E-state index in [2.05, 4.69) is 19.2 Å². The van der Waals surface area contributed by atoms with Gasteiger partial charge in [-0.25, -0.2) is 0 Å². The third-order valence-corrected chi connectivity index (χ3v) is 3.45. The number of carbonyl (C=O) groups excluding carboxylic acids is 2. The van der Waals surface area contributed by atoms with E-state index in [0.29, 0.717) is 19.5 Å². The molecule has 0 heterocycles. The molecule has 5 nitrogen and oxygen atoms in total. The van der Waals surface area contributed by atoms with Gasteiger partial charge in [0, 0.05) is 33.6 Å². The molecule has 112 valence electrons. The Bertz CT molecular complexity index is 284. The second-order valence-electron chi connectivity index (χ2n) is 5.28. The predicted octanol–water partition coefficient (Wildman–Crippen LogP) is 1.13. The second kappa shape index (κ2) is 8.91. The van der Waals surface area contributed by atoms with Crippen LogP contribution in [0.3, 0.4) is 0 Å². The maximum atomic E-state index is 12.3. The van der Waals surface area contributed by atoms with Gasteiger partial charge in [0.25, 0.3) is 0 Å². The van der Waals surface area contributed by atoms with Crippen molar-refractivity contribution in [1.82, 2.24) is 10.2 Å². The van der Waals surface area contributed by atoms with E-state index in [1.807, 2.05) is 0 Å².